The van der Waals surface area contributed by atoms with Crippen molar-refractivity contribution in [3.8, 4) is 5.75 Å². The molecular weight excluding hydrogens is 273 g/mol. The van der Waals surface area contributed by atoms with Crippen molar-refractivity contribution in [1.82, 2.24) is 0 Å². The van der Waals surface area contributed by atoms with Gasteiger partial charge in [0.1, 0.15) is 24.3 Å². The predicted octanol–water partition coefficient (Wildman–Crippen LogP) is 3.14. The number of hydrogen-bond donors (Lipinski definition) is 2. The lowest BCUT2D eigenvalue weighted by Gasteiger charge is -2.15. The molecule has 0 saturated heterocycles. The minimum absolute atomic E-state index is 0.0152. The highest BCUT2D eigenvalue weighted by atomic mass is 19.1. The third-order valence-corrected chi connectivity index (χ3v) is 3.06. The van der Waals surface area contributed by atoms with Gasteiger partial charge in [0.15, 0.2) is 0 Å². The molecule has 2 aromatic carbocycles. The van der Waals surface area contributed by atoms with Crippen molar-refractivity contribution in [2.45, 2.75) is 13.0 Å². The Morgan fingerprint density at radius 2 is 1.95 bits per heavy atom. The van der Waals surface area contributed by atoms with Gasteiger partial charge in [-0.25, -0.2) is 4.39 Å². The molecule has 0 fully saturated rings. The van der Waals surface area contributed by atoms with Crippen molar-refractivity contribution in [3.05, 3.63) is 65.5 Å². The molecule has 2 aromatic rings. The molecule has 0 amide bonds. The standard InChI is InChI=1S/C16H16FNO3/c1-11(18-20)14-9-13(17)7-8-16(14)21-10-15(19)12-5-3-2-4-6-12/h2-9,15,19-20H,10H2,1H3/b18-11-. The van der Waals surface area contributed by atoms with Gasteiger partial charge in [0.2, 0.25) is 0 Å². The van der Waals surface area contributed by atoms with Gasteiger partial charge in [0, 0.05) is 5.56 Å². The van der Waals surface area contributed by atoms with Crippen LogP contribution in [-0.2, 0) is 0 Å². The van der Waals surface area contributed by atoms with Crippen LogP contribution in [0.3, 0.4) is 0 Å². The van der Waals surface area contributed by atoms with Crippen LogP contribution in [-0.4, -0.2) is 22.6 Å². The molecular formula is C16H16FNO3. The summed E-state index contributed by atoms with van der Waals surface area (Å²) in [5, 5.41) is 21.9. The normalized spacial score (nSPS) is 13.0. The van der Waals surface area contributed by atoms with E-state index < -0.39 is 11.9 Å². The molecule has 21 heavy (non-hydrogen) atoms. The number of nitrogens with zero attached hydrogens (tertiary/aromatic N) is 1. The maximum Gasteiger partial charge on any atom is 0.128 e. The first kappa shape index (κ1) is 15.0. The average Bonchev–Trinajstić information content (AvgIpc) is 2.53. The van der Waals surface area contributed by atoms with Crippen LogP contribution in [0.2, 0.25) is 0 Å². The Morgan fingerprint density at radius 3 is 2.62 bits per heavy atom. The molecule has 2 N–H and O–H groups in total. The Kier molecular flexibility index (Phi) is 4.90. The maximum atomic E-state index is 13.3. The molecule has 2 rings (SSSR count). The summed E-state index contributed by atoms with van der Waals surface area (Å²) in [7, 11) is 0. The van der Waals surface area contributed by atoms with E-state index in [0.29, 0.717) is 11.3 Å². The number of rotatable bonds is 5. The minimum Gasteiger partial charge on any atom is -0.490 e. The molecule has 4 nitrogen and oxygen atoms in total. The third kappa shape index (κ3) is 3.79. The van der Waals surface area contributed by atoms with Crippen molar-refractivity contribution in [3.63, 3.8) is 0 Å². The van der Waals surface area contributed by atoms with Crippen LogP contribution in [0.4, 0.5) is 4.39 Å². The molecule has 0 aliphatic carbocycles. The van der Waals surface area contributed by atoms with Crippen LogP contribution in [0, 0.1) is 5.82 Å². The van der Waals surface area contributed by atoms with E-state index in [1.54, 1.807) is 12.1 Å². The van der Waals surface area contributed by atoms with Crippen molar-refractivity contribution in [1.29, 1.82) is 0 Å². The number of aliphatic hydroxyl groups is 1. The number of ether oxygens (including phenoxy) is 1. The van der Waals surface area contributed by atoms with Gasteiger partial charge >= 0.3 is 0 Å². The molecule has 0 aromatic heterocycles. The molecule has 0 heterocycles. The lowest BCUT2D eigenvalue weighted by Crippen LogP contribution is -2.11. The Morgan fingerprint density at radius 1 is 1.24 bits per heavy atom. The maximum absolute atomic E-state index is 13.3. The number of oxime groups is 1. The van der Waals surface area contributed by atoms with E-state index in [9.17, 15) is 9.50 Å². The SMILES string of the molecule is C/C(=N/O)c1cc(F)ccc1OCC(O)c1ccccc1. The predicted molar refractivity (Wildman–Crippen MR) is 77.3 cm³/mol. The highest BCUT2D eigenvalue weighted by molar-refractivity contribution is 6.00. The van der Waals surface area contributed by atoms with Crippen molar-refractivity contribution in [2.24, 2.45) is 5.16 Å². The Hall–Kier alpha value is -2.40. The van der Waals surface area contributed by atoms with Crippen molar-refractivity contribution >= 4 is 5.71 Å². The first-order chi connectivity index (χ1) is 10.1. The van der Waals surface area contributed by atoms with Gasteiger partial charge < -0.3 is 15.1 Å². The van der Waals surface area contributed by atoms with Crippen LogP contribution in [0.5, 0.6) is 5.75 Å². The van der Waals surface area contributed by atoms with E-state index in [0.717, 1.165) is 5.56 Å². The summed E-state index contributed by atoms with van der Waals surface area (Å²) in [5.74, 6) is -0.106. The van der Waals surface area contributed by atoms with E-state index in [-0.39, 0.29) is 12.3 Å². The zero-order valence-electron chi connectivity index (χ0n) is 11.5. The van der Waals surface area contributed by atoms with Gasteiger partial charge in [-0.15, -0.1) is 0 Å². The van der Waals surface area contributed by atoms with Crippen molar-refractivity contribution < 1.29 is 19.4 Å². The Balaban J connectivity index is 2.13. The monoisotopic (exact) mass is 289 g/mol. The third-order valence-electron chi connectivity index (χ3n) is 3.06. The van der Waals surface area contributed by atoms with Crippen LogP contribution >= 0.6 is 0 Å². The fraction of sp³-hybridized carbons (Fsp3) is 0.188. The summed E-state index contributed by atoms with van der Waals surface area (Å²) in [5.41, 5.74) is 1.31. The lowest BCUT2D eigenvalue weighted by atomic mass is 10.1. The summed E-state index contributed by atoms with van der Waals surface area (Å²) in [6.45, 7) is 1.55. The molecule has 0 radical (unpaired) electrons. The van der Waals surface area contributed by atoms with Crippen LogP contribution < -0.4 is 4.74 Å². The van der Waals surface area contributed by atoms with Crippen LogP contribution in [0.15, 0.2) is 53.7 Å². The Bertz CT molecular complexity index is 629. The quantitative estimate of drug-likeness (QED) is 0.505. The molecule has 0 bridgehead atoms. The second-order valence-electron chi connectivity index (χ2n) is 4.56. The fourth-order valence-electron chi connectivity index (χ4n) is 1.90. The summed E-state index contributed by atoms with van der Waals surface area (Å²) in [4.78, 5) is 0. The van der Waals surface area contributed by atoms with Gasteiger partial charge in [0.25, 0.3) is 0 Å². The van der Waals surface area contributed by atoms with E-state index in [1.165, 1.54) is 25.1 Å². The van der Waals surface area contributed by atoms with Gasteiger partial charge in [-0.3, -0.25) is 0 Å². The highest BCUT2D eigenvalue weighted by Gasteiger charge is 2.12. The lowest BCUT2D eigenvalue weighted by molar-refractivity contribution is 0.108. The molecule has 1 unspecified atom stereocenters. The zero-order chi connectivity index (χ0) is 15.2. The second-order valence-corrected chi connectivity index (χ2v) is 4.56. The number of hydrogen-bond acceptors (Lipinski definition) is 4. The molecule has 5 heteroatoms. The first-order valence-corrected chi connectivity index (χ1v) is 6.46. The van der Waals surface area contributed by atoms with E-state index in [1.807, 2.05) is 18.2 Å². The molecule has 0 saturated carbocycles. The summed E-state index contributed by atoms with van der Waals surface area (Å²) < 4.78 is 18.8. The summed E-state index contributed by atoms with van der Waals surface area (Å²) >= 11 is 0. The second kappa shape index (κ2) is 6.85. The summed E-state index contributed by atoms with van der Waals surface area (Å²) in [6, 6.07) is 13.0. The number of aliphatic hydroxyl groups excluding tert-OH is 1. The summed E-state index contributed by atoms with van der Waals surface area (Å²) in [6.07, 6.45) is -0.796. The van der Waals surface area contributed by atoms with E-state index >= 15 is 0 Å². The van der Waals surface area contributed by atoms with Crippen molar-refractivity contribution in [2.75, 3.05) is 6.61 Å². The number of benzene rings is 2. The van der Waals surface area contributed by atoms with E-state index in [2.05, 4.69) is 5.16 Å². The smallest absolute Gasteiger partial charge is 0.128 e. The van der Waals surface area contributed by atoms with Gasteiger partial charge in [-0.1, -0.05) is 35.5 Å². The molecule has 110 valence electrons. The fourth-order valence-corrected chi connectivity index (χ4v) is 1.90. The number of halogens is 1. The molecule has 0 aliphatic heterocycles. The van der Waals surface area contributed by atoms with Crippen LogP contribution in [0.1, 0.15) is 24.2 Å². The first-order valence-electron chi connectivity index (χ1n) is 6.46. The minimum atomic E-state index is -0.796. The van der Waals surface area contributed by atoms with Gasteiger partial charge in [-0.05, 0) is 30.7 Å². The van der Waals surface area contributed by atoms with Gasteiger partial charge in [-0.2, -0.15) is 0 Å². The Labute approximate surface area is 122 Å². The molecule has 0 spiro atoms. The zero-order valence-corrected chi connectivity index (χ0v) is 11.5. The molecule has 0 aliphatic rings. The largest absolute Gasteiger partial charge is 0.490 e. The van der Waals surface area contributed by atoms with Crippen LogP contribution in [0.25, 0.3) is 0 Å². The van der Waals surface area contributed by atoms with Gasteiger partial charge in [0.05, 0.1) is 5.71 Å². The highest BCUT2D eigenvalue weighted by Crippen LogP contribution is 2.22. The van der Waals surface area contributed by atoms with E-state index in [4.69, 9.17) is 9.94 Å². The average molecular weight is 289 g/mol. The topological polar surface area (TPSA) is 62.1 Å². The molecule has 1 atom stereocenters.